The van der Waals surface area contributed by atoms with Crippen LogP contribution < -0.4 is 4.90 Å². The van der Waals surface area contributed by atoms with Crippen LogP contribution in [-0.4, -0.2) is 51.8 Å². The molecule has 0 atom stereocenters. The van der Waals surface area contributed by atoms with Gasteiger partial charge in [0.2, 0.25) is 0 Å². The fraction of sp³-hybridized carbons (Fsp3) is 0.391. The van der Waals surface area contributed by atoms with Crippen molar-refractivity contribution < 1.29 is 14.6 Å². The summed E-state index contributed by atoms with van der Waals surface area (Å²) in [6, 6.07) is 11.3. The van der Waals surface area contributed by atoms with E-state index in [0.717, 1.165) is 48.7 Å². The second kappa shape index (κ2) is 8.77. The van der Waals surface area contributed by atoms with E-state index in [1.54, 1.807) is 26.1 Å². The van der Waals surface area contributed by atoms with Crippen LogP contribution in [0.2, 0.25) is 5.02 Å². The summed E-state index contributed by atoms with van der Waals surface area (Å²) in [5.74, 6) is 0.691. The van der Waals surface area contributed by atoms with Gasteiger partial charge in [-0.05, 0) is 57.0 Å². The van der Waals surface area contributed by atoms with Crippen molar-refractivity contribution in [2.75, 3.05) is 24.6 Å². The molecule has 0 aromatic carbocycles. The van der Waals surface area contributed by atoms with E-state index < -0.39 is 11.4 Å². The number of hydrogen-bond acceptors (Lipinski definition) is 6. The smallest absolute Gasteiger partial charge is 0.311 e. The van der Waals surface area contributed by atoms with Crippen LogP contribution in [0.5, 0.6) is 0 Å². The molecular weight excluding hydrogens is 416 g/mol. The lowest BCUT2D eigenvalue weighted by Crippen LogP contribution is -2.39. The van der Waals surface area contributed by atoms with Gasteiger partial charge in [-0.1, -0.05) is 17.7 Å². The van der Waals surface area contributed by atoms with Crippen molar-refractivity contribution in [2.24, 2.45) is 5.41 Å². The molecule has 162 valence electrons. The SMILES string of the molecule is CC(C)(COC1CCN(c2ccc(-c3nc4cccc(Cl)cc-4n3)cn2)CC1)C(=O)O. The molecule has 8 heteroatoms. The number of carbonyl (C=O) groups is 1. The first-order valence-corrected chi connectivity index (χ1v) is 10.7. The zero-order valence-electron chi connectivity index (χ0n) is 17.6. The van der Waals surface area contributed by atoms with Crippen LogP contribution >= 0.6 is 11.6 Å². The molecule has 1 aromatic heterocycles. The highest BCUT2D eigenvalue weighted by Crippen LogP contribution is 2.28. The van der Waals surface area contributed by atoms with E-state index in [2.05, 4.69) is 19.9 Å². The number of piperidine rings is 1. The highest BCUT2D eigenvalue weighted by Gasteiger charge is 2.30. The van der Waals surface area contributed by atoms with Crippen molar-refractivity contribution in [1.29, 1.82) is 0 Å². The highest BCUT2D eigenvalue weighted by molar-refractivity contribution is 6.30. The highest BCUT2D eigenvalue weighted by atomic mass is 35.5. The lowest BCUT2D eigenvalue weighted by Gasteiger charge is -2.34. The van der Waals surface area contributed by atoms with Gasteiger partial charge in [-0.15, -0.1) is 0 Å². The number of nitrogens with zero attached hydrogens (tertiary/aromatic N) is 4. The van der Waals surface area contributed by atoms with Gasteiger partial charge in [-0.25, -0.2) is 15.0 Å². The van der Waals surface area contributed by atoms with Gasteiger partial charge in [0.25, 0.3) is 0 Å². The van der Waals surface area contributed by atoms with Gasteiger partial charge in [0, 0.05) is 29.9 Å². The van der Waals surface area contributed by atoms with E-state index in [1.165, 1.54) is 0 Å². The fourth-order valence-electron chi connectivity index (χ4n) is 3.48. The molecule has 0 amide bonds. The Morgan fingerprint density at radius 1 is 1.19 bits per heavy atom. The first kappa shape index (κ1) is 21.5. The summed E-state index contributed by atoms with van der Waals surface area (Å²) in [6.07, 6.45) is 3.55. The quantitative estimate of drug-likeness (QED) is 0.607. The molecule has 1 aromatic rings. The number of carboxylic acids is 1. The molecule has 7 nitrogen and oxygen atoms in total. The van der Waals surface area contributed by atoms with E-state index in [9.17, 15) is 9.90 Å². The van der Waals surface area contributed by atoms with Crippen molar-refractivity contribution in [3.63, 3.8) is 0 Å². The van der Waals surface area contributed by atoms with Crippen LogP contribution in [0.3, 0.4) is 0 Å². The first-order chi connectivity index (χ1) is 14.8. The number of carboxylic acid groups (broad SMARTS) is 1. The predicted molar refractivity (Wildman–Crippen MR) is 119 cm³/mol. The van der Waals surface area contributed by atoms with Crippen LogP contribution in [0.15, 0.2) is 42.6 Å². The minimum absolute atomic E-state index is 0.0763. The summed E-state index contributed by atoms with van der Waals surface area (Å²) in [5, 5.41) is 9.84. The first-order valence-electron chi connectivity index (χ1n) is 10.3. The van der Waals surface area contributed by atoms with Crippen LogP contribution in [0, 0.1) is 5.41 Å². The fourth-order valence-corrected chi connectivity index (χ4v) is 3.66. The molecule has 0 unspecified atom stereocenters. The Balaban J connectivity index is 1.38. The largest absolute Gasteiger partial charge is 0.481 e. The lowest BCUT2D eigenvalue weighted by molar-refractivity contribution is -0.152. The Labute approximate surface area is 186 Å². The molecule has 1 N–H and O–H groups in total. The van der Waals surface area contributed by atoms with Gasteiger partial charge in [-0.3, -0.25) is 4.79 Å². The monoisotopic (exact) mass is 440 g/mol. The number of rotatable bonds is 6. The molecule has 0 radical (unpaired) electrons. The second-order valence-corrected chi connectivity index (χ2v) is 8.90. The molecule has 2 aliphatic heterocycles. The second-order valence-electron chi connectivity index (χ2n) is 8.46. The van der Waals surface area contributed by atoms with Gasteiger partial charge < -0.3 is 14.7 Å². The van der Waals surface area contributed by atoms with Gasteiger partial charge in [0.1, 0.15) is 5.82 Å². The van der Waals surface area contributed by atoms with E-state index >= 15 is 0 Å². The average Bonchev–Trinajstić information content (AvgIpc) is 3.06. The number of imidazole rings is 1. The Hall–Kier alpha value is -2.77. The van der Waals surface area contributed by atoms with Gasteiger partial charge >= 0.3 is 5.97 Å². The molecule has 1 fully saturated rings. The van der Waals surface area contributed by atoms with E-state index in [4.69, 9.17) is 16.3 Å². The van der Waals surface area contributed by atoms with E-state index in [0.29, 0.717) is 10.8 Å². The third-order valence-corrected chi connectivity index (χ3v) is 5.77. The van der Waals surface area contributed by atoms with Crippen LogP contribution in [0.1, 0.15) is 26.7 Å². The van der Waals surface area contributed by atoms with Gasteiger partial charge in [0.15, 0.2) is 5.82 Å². The number of hydrogen-bond donors (Lipinski definition) is 1. The van der Waals surface area contributed by atoms with Crippen molar-refractivity contribution >= 4 is 23.4 Å². The molecular formula is C23H25ClN4O3. The Morgan fingerprint density at radius 2 is 1.94 bits per heavy atom. The lowest BCUT2D eigenvalue weighted by atomic mass is 9.95. The zero-order valence-corrected chi connectivity index (χ0v) is 18.3. The molecule has 1 saturated heterocycles. The summed E-state index contributed by atoms with van der Waals surface area (Å²) in [4.78, 5) is 27.2. The number of pyridine rings is 1. The minimum atomic E-state index is -0.870. The van der Waals surface area contributed by atoms with Crippen LogP contribution in [0.4, 0.5) is 5.82 Å². The molecule has 3 heterocycles. The number of halogens is 1. The zero-order chi connectivity index (χ0) is 22.0. The number of ether oxygens (including phenoxy) is 1. The third-order valence-electron chi connectivity index (χ3n) is 5.53. The molecule has 1 aliphatic carbocycles. The Bertz CT molecular complexity index is 1030. The number of aromatic nitrogens is 3. The maximum atomic E-state index is 11.2. The summed E-state index contributed by atoms with van der Waals surface area (Å²) >= 11 is 6.11. The number of aliphatic carboxylic acids is 1. The topological polar surface area (TPSA) is 88.4 Å². The van der Waals surface area contributed by atoms with Crippen molar-refractivity contribution in [3.8, 4) is 22.8 Å². The summed E-state index contributed by atoms with van der Waals surface area (Å²) < 4.78 is 5.86. The number of anilines is 1. The third kappa shape index (κ3) is 4.94. The molecule has 3 aliphatic rings. The average molecular weight is 441 g/mol. The van der Waals surface area contributed by atoms with Crippen molar-refractivity contribution in [3.05, 3.63) is 47.6 Å². The maximum Gasteiger partial charge on any atom is 0.311 e. The van der Waals surface area contributed by atoms with Crippen molar-refractivity contribution in [2.45, 2.75) is 32.8 Å². The molecule has 0 saturated carbocycles. The molecule has 0 bridgehead atoms. The summed E-state index contributed by atoms with van der Waals surface area (Å²) in [5.41, 5.74) is 1.53. The molecule has 31 heavy (non-hydrogen) atoms. The predicted octanol–water partition coefficient (Wildman–Crippen LogP) is 4.39. The van der Waals surface area contributed by atoms with Crippen molar-refractivity contribution in [1.82, 2.24) is 15.0 Å². The standard InChI is InChI=1S/C23H25ClN4O3/c1-23(2,22(29)30)14-31-17-8-10-28(11-9-17)20-7-6-15(13-25-20)21-26-18-5-3-4-16(24)12-19(18)27-21/h3-7,12-13,17H,8-11,14H2,1-2H3,(H,29,30). The van der Waals surface area contributed by atoms with Crippen LogP contribution in [0.25, 0.3) is 22.8 Å². The maximum absolute atomic E-state index is 11.2. The van der Waals surface area contributed by atoms with Gasteiger partial charge in [0.05, 0.1) is 29.5 Å². The molecule has 4 rings (SSSR count). The Kier molecular flexibility index (Phi) is 6.07. The normalized spacial score (nSPS) is 15.4. The number of fused-ring (bicyclic) bond motifs is 1. The Morgan fingerprint density at radius 3 is 2.61 bits per heavy atom. The van der Waals surface area contributed by atoms with Crippen LogP contribution in [-0.2, 0) is 9.53 Å². The molecule has 0 spiro atoms. The van der Waals surface area contributed by atoms with E-state index in [-0.39, 0.29) is 12.7 Å². The summed E-state index contributed by atoms with van der Waals surface area (Å²) in [7, 11) is 0. The van der Waals surface area contributed by atoms with E-state index in [1.807, 2.05) is 30.3 Å². The van der Waals surface area contributed by atoms with Gasteiger partial charge in [-0.2, -0.15) is 0 Å². The summed E-state index contributed by atoms with van der Waals surface area (Å²) in [6.45, 7) is 5.22. The minimum Gasteiger partial charge on any atom is -0.481 e.